The minimum Gasteiger partial charge on any atom is -0.508 e. The molecule has 110 valence electrons. The largest absolute Gasteiger partial charge is 0.508 e. The van der Waals surface area contributed by atoms with Gasteiger partial charge in [-0.25, -0.2) is 9.97 Å². The highest BCUT2D eigenvalue weighted by Crippen LogP contribution is 2.23. The number of hydrogen-bond acceptors (Lipinski definition) is 4. The third-order valence-corrected chi connectivity index (χ3v) is 2.90. The first-order valence-corrected chi connectivity index (χ1v) is 6.88. The van der Waals surface area contributed by atoms with Gasteiger partial charge in [0.2, 0.25) is 5.91 Å². The first-order chi connectivity index (χ1) is 9.95. The summed E-state index contributed by atoms with van der Waals surface area (Å²) in [5.74, 6) is 0.969. The lowest BCUT2D eigenvalue weighted by atomic mass is 10.1. The van der Waals surface area contributed by atoms with Gasteiger partial charge in [-0.15, -0.1) is 0 Å². The summed E-state index contributed by atoms with van der Waals surface area (Å²) in [6, 6.07) is 6.80. The number of nitrogens with zero attached hydrogens (tertiary/aromatic N) is 2. The molecule has 0 saturated heterocycles. The SMILES string of the molecule is CC(=O)Nc1ncc(-c2ccc(O)cc2)nc1CC(C)C. The molecule has 2 rings (SSSR count). The quantitative estimate of drug-likeness (QED) is 0.905. The summed E-state index contributed by atoms with van der Waals surface area (Å²) in [5, 5.41) is 12.1. The van der Waals surface area contributed by atoms with E-state index >= 15 is 0 Å². The fourth-order valence-corrected chi connectivity index (χ4v) is 2.00. The van der Waals surface area contributed by atoms with Gasteiger partial charge in [0.15, 0.2) is 5.82 Å². The Kier molecular flexibility index (Phi) is 4.52. The molecule has 0 aliphatic carbocycles. The van der Waals surface area contributed by atoms with Gasteiger partial charge in [0.05, 0.1) is 17.6 Å². The van der Waals surface area contributed by atoms with Crippen LogP contribution in [0.15, 0.2) is 30.5 Å². The van der Waals surface area contributed by atoms with Crippen molar-refractivity contribution in [1.82, 2.24) is 9.97 Å². The number of anilines is 1. The first-order valence-electron chi connectivity index (χ1n) is 6.88. The molecule has 1 amide bonds. The van der Waals surface area contributed by atoms with E-state index in [9.17, 15) is 9.90 Å². The maximum absolute atomic E-state index is 11.2. The van der Waals surface area contributed by atoms with E-state index in [1.54, 1.807) is 30.5 Å². The molecule has 0 atom stereocenters. The lowest BCUT2D eigenvalue weighted by Crippen LogP contribution is -2.12. The van der Waals surface area contributed by atoms with E-state index in [1.807, 2.05) is 0 Å². The molecular weight excluding hydrogens is 266 g/mol. The van der Waals surface area contributed by atoms with Crippen molar-refractivity contribution in [2.24, 2.45) is 5.92 Å². The second kappa shape index (κ2) is 6.35. The Morgan fingerprint density at radius 1 is 1.29 bits per heavy atom. The van der Waals surface area contributed by atoms with E-state index in [0.29, 0.717) is 11.7 Å². The smallest absolute Gasteiger partial charge is 0.222 e. The van der Waals surface area contributed by atoms with Crippen LogP contribution < -0.4 is 5.32 Å². The van der Waals surface area contributed by atoms with Gasteiger partial charge >= 0.3 is 0 Å². The second-order valence-corrected chi connectivity index (χ2v) is 5.38. The number of phenols is 1. The number of aromatic nitrogens is 2. The van der Waals surface area contributed by atoms with Gasteiger partial charge in [-0.05, 0) is 36.6 Å². The summed E-state index contributed by atoms with van der Waals surface area (Å²) >= 11 is 0. The zero-order valence-corrected chi connectivity index (χ0v) is 12.4. The van der Waals surface area contributed by atoms with Crippen LogP contribution in [0.2, 0.25) is 0 Å². The topological polar surface area (TPSA) is 75.1 Å². The van der Waals surface area contributed by atoms with Crippen LogP contribution in [-0.4, -0.2) is 21.0 Å². The molecule has 0 radical (unpaired) electrons. The molecule has 1 aromatic heterocycles. The summed E-state index contributed by atoms with van der Waals surface area (Å²) in [5.41, 5.74) is 2.37. The van der Waals surface area contributed by atoms with Crippen LogP contribution in [0.25, 0.3) is 11.3 Å². The standard InChI is InChI=1S/C16H19N3O2/c1-10(2)8-14-16(18-11(3)20)17-9-15(19-14)12-4-6-13(21)7-5-12/h4-7,9-10,21H,8H2,1-3H3,(H,17,18,20). The average molecular weight is 285 g/mol. The lowest BCUT2D eigenvalue weighted by molar-refractivity contribution is -0.114. The zero-order chi connectivity index (χ0) is 15.4. The first kappa shape index (κ1) is 15.0. The molecule has 0 fully saturated rings. The molecule has 0 spiro atoms. The van der Waals surface area contributed by atoms with Crippen LogP contribution >= 0.6 is 0 Å². The predicted molar refractivity (Wildman–Crippen MR) is 82.0 cm³/mol. The molecule has 0 unspecified atom stereocenters. The van der Waals surface area contributed by atoms with Crippen LogP contribution in [0.1, 0.15) is 26.5 Å². The molecule has 5 heteroatoms. The predicted octanol–water partition coefficient (Wildman–Crippen LogP) is 3.01. The van der Waals surface area contributed by atoms with Gasteiger partial charge in [0, 0.05) is 12.5 Å². The summed E-state index contributed by atoms with van der Waals surface area (Å²) in [7, 11) is 0. The maximum atomic E-state index is 11.2. The molecule has 0 saturated carbocycles. The Balaban J connectivity index is 2.40. The van der Waals surface area contributed by atoms with E-state index in [-0.39, 0.29) is 11.7 Å². The highest BCUT2D eigenvalue weighted by atomic mass is 16.3. The van der Waals surface area contributed by atoms with Gasteiger partial charge < -0.3 is 10.4 Å². The molecule has 1 aromatic carbocycles. The maximum Gasteiger partial charge on any atom is 0.222 e. The minimum atomic E-state index is -0.160. The number of amides is 1. The number of aromatic hydroxyl groups is 1. The van der Waals surface area contributed by atoms with Crippen molar-refractivity contribution in [2.75, 3.05) is 5.32 Å². The molecule has 21 heavy (non-hydrogen) atoms. The highest BCUT2D eigenvalue weighted by Gasteiger charge is 2.12. The van der Waals surface area contributed by atoms with Gasteiger partial charge in [0.25, 0.3) is 0 Å². The molecule has 0 aliphatic heterocycles. The van der Waals surface area contributed by atoms with E-state index < -0.39 is 0 Å². The van der Waals surface area contributed by atoms with E-state index in [0.717, 1.165) is 23.4 Å². The van der Waals surface area contributed by atoms with Gasteiger partial charge in [-0.3, -0.25) is 4.79 Å². The number of benzene rings is 1. The number of rotatable bonds is 4. The Bertz CT molecular complexity index is 636. The van der Waals surface area contributed by atoms with Crippen LogP contribution in [0.5, 0.6) is 5.75 Å². The second-order valence-electron chi connectivity index (χ2n) is 5.38. The number of hydrogen-bond donors (Lipinski definition) is 2. The number of carbonyl (C=O) groups is 1. The van der Waals surface area contributed by atoms with E-state index in [1.165, 1.54) is 6.92 Å². The van der Waals surface area contributed by atoms with Gasteiger partial charge in [-0.2, -0.15) is 0 Å². The summed E-state index contributed by atoms with van der Waals surface area (Å²) < 4.78 is 0. The van der Waals surface area contributed by atoms with Crippen molar-refractivity contribution in [2.45, 2.75) is 27.2 Å². The van der Waals surface area contributed by atoms with Crippen molar-refractivity contribution in [1.29, 1.82) is 0 Å². The highest BCUT2D eigenvalue weighted by molar-refractivity contribution is 5.88. The molecule has 2 aromatic rings. The lowest BCUT2D eigenvalue weighted by Gasteiger charge is -2.12. The molecule has 2 N–H and O–H groups in total. The Hall–Kier alpha value is -2.43. The van der Waals surface area contributed by atoms with Crippen LogP contribution in [0.3, 0.4) is 0 Å². The van der Waals surface area contributed by atoms with Crippen molar-refractivity contribution >= 4 is 11.7 Å². The minimum absolute atomic E-state index is 0.160. The van der Waals surface area contributed by atoms with Crippen LogP contribution in [0.4, 0.5) is 5.82 Å². The summed E-state index contributed by atoms with van der Waals surface area (Å²) in [6.45, 7) is 5.63. The zero-order valence-electron chi connectivity index (χ0n) is 12.4. The summed E-state index contributed by atoms with van der Waals surface area (Å²) in [4.78, 5) is 20.2. The monoisotopic (exact) mass is 285 g/mol. The van der Waals surface area contributed by atoms with Crippen molar-refractivity contribution in [3.05, 3.63) is 36.2 Å². The van der Waals surface area contributed by atoms with Crippen LogP contribution in [-0.2, 0) is 11.2 Å². The molecule has 5 nitrogen and oxygen atoms in total. The molecular formula is C16H19N3O2. The fraction of sp³-hybridized carbons (Fsp3) is 0.312. The van der Waals surface area contributed by atoms with Crippen LogP contribution in [0, 0.1) is 5.92 Å². The van der Waals surface area contributed by atoms with E-state index in [2.05, 4.69) is 29.1 Å². The van der Waals surface area contributed by atoms with Gasteiger partial charge in [0.1, 0.15) is 5.75 Å². The Labute approximate surface area is 124 Å². The van der Waals surface area contributed by atoms with E-state index in [4.69, 9.17) is 0 Å². The third kappa shape index (κ3) is 4.02. The van der Waals surface area contributed by atoms with Gasteiger partial charge in [-0.1, -0.05) is 13.8 Å². The van der Waals surface area contributed by atoms with Crippen molar-refractivity contribution in [3.8, 4) is 17.0 Å². The number of nitrogens with one attached hydrogen (secondary N) is 1. The Morgan fingerprint density at radius 2 is 1.95 bits per heavy atom. The Morgan fingerprint density at radius 3 is 2.52 bits per heavy atom. The third-order valence-electron chi connectivity index (χ3n) is 2.90. The number of phenolic OH excluding ortho intramolecular Hbond substituents is 1. The van der Waals surface area contributed by atoms with Crippen molar-refractivity contribution < 1.29 is 9.90 Å². The number of carbonyl (C=O) groups excluding carboxylic acids is 1. The normalized spacial score (nSPS) is 10.7. The van der Waals surface area contributed by atoms with Crippen molar-refractivity contribution in [3.63, 3.8) is 0 Å². The molecule has 1 heterocycles. The summed E-state index contributed by atoms with van der Waals surface area (Å²) in [6.07, 6.45) is 2.36. The molecule has 0 aliphatic rings. The average Bonchev–Trinajstić information content (AvgIpc) is 2.40. The fourth-order valence-electron chi connectivity index (χ4n) is 2.00. The molecule has 0 bridgehead atoms.